The lowest BCUT2D eigenvalue weighted by atomic mass is 10.2. The molecule has 6 nitrogen and oxygen atoms in total. The van der Waals surface area contributed by atoms with Gasteiger partial charge in [0.25, 0.3) is 15.9 Å². The van der Waals surface area contributed by atoms with Gasteiger partial charge < -0.3 is 5.11 Å². The van der Waals surface area contributed by atoms with Crippen LogP contribution >= 0.6 is 15.9 Å². The first kappa shape index (κ1) is 15.5. The van der Waals surface area contributed by atoms with Crippen molar-refractivity contribution in [1.82, 2.24) is 10.3 Å². The van der Waals surface area contributed by atoms with Crippen LogP contribution in [0.3, 0.4) is 0 Å². The number of rotatable bonds is 4. The molecule has 2 aromatic rings. The maximum absolute atomic E-state index is 12.0. The van der Waals surface area contributed by atoms with Crippen LogP contribution in [0.15, 0.2) is 57.9 Å². The highest BCUT2D eigenvalue weighted by Crippen LogP contribution is 2.16. The molecule has 3 N–H and O–H groups in total. The Bertz CT molecular complexity index is 760. The van der Waals surface area contributed by atoms with Crippen LogP contribution in [-0.4, -0.2) is 19.4 Å². The number of aromatic hydroxyl groups is 1. The normalized spacial score (nSPS) is 11.1. The van der Waals surface area contributed by atoms with Crippen LogP contribution in [0.4, 0.5) is 0 Å². The van der Waals surface area contributed by atoms with Crippen LogP contribution in [0.5, 0.6) is 5.75 Å². The molecule has 0 aromatic heterocycles. The van der Waals surface area contributed by atoms with Gasteiger partial charge in [-0.3, -0.25) is 10.2 Å². The van der Waals surface area contributed by atoms with Gasteiger partial charge in [-0.25, -0.2) is 8.42 Å². The molecule has 0 atom stereocenters. The van der Waals surface area contributed by atoms with Crippen LogP contribution in [0.1, 0.15) is 10.4 Å². The minimum atomic E-state index is -3.88. The van der Waals surface area contributed by atoms with Gasteiger partial charge >= 0.3 is 0 Å². The van der Waals surface area contributed by atoms with Crippen molar-refractivity contribution in [2.75, 3.05) is 0 Å². The number of hydrogen-bond donors (Lipinski definition) is 3. The Labute approximate surface area is 130 Å². The lowest BCUT2D eigenvalue weighted by Gasteiger charge is -2.09. The van der Waals surface area contributed by atoms with E-state index in [2.05, 4.69) is 15.9 Å². The van der Waals surface area contributed by atoms with Gasteiger partial charge in [-0.05, 0) is 36.4 Å². The van der Waals surface area contributed by atoms with Gasteiger partial charge in [-0.15, -0.1) is 4.83 Å². The van der Waals surface area contributed by atoms with E-state index < -0.39 is 15.9 Å². The number of phenols is 1. The summed E-state index contributed by atoms with van der Waals surface area (Å²) in [5.41, 5.74) is 2.01. The van der Waals surface area contributed by atoms with E-state index in [1.165, 1.54) is 24.3 Å². The standard InChI is InChI=1S/C13H11BrN2O4S/c14-9-5-7-10(8-6-9)21(19,20)16-15-13(18)11-3-1-2-4-12(11)17/h1-8,16-17H,(H,15,18). The van der Waals surface area contributed by atoms with Crippen molar-refractivity contribution in [3.8, 4) is 5.75 Å². The van der Waals surface area contributed by atoms with Crippen molar-refractivity contribution in [1.29, 1.82) is 0 Å². The number of para-hydroxylation sites is 1. The van der Waals surface area contributed by atoms with E-state index >= 15 is 0 Å². The summed E-state index contributed by atoms with van der Waals surface area (Å²) < 4.78 is 24.7. The van der Waals surface area contributed by atoms with Gasteiger partial charge in [0.15, 0.2) is 0 Å². The first-order chi connectivity index (χ1) is 9.90. The summed E-state index contributed by atoms with van der Waals surface area (Å²) >= 11 is 3.20. The van der Waals surface area contributed by atoms with E-state index in [4.69, 9.17) is 0 Å². The zero-order chi connectivity index (χ0) is 15.5. The van der Waals surface area contributed by atoms with E-state index in [9.17, 15) is 18.3 Å². The summed E-state index contributed by atoms with van der Waals surface area (Å²) in [5.74, 6) is -0.994. The minimum Gasteiger partial charge on any atom is -0.507 e. The number of benzene rings is 2. The molecular formula is C13H11BrN2O4S. The van der Waals surface area contributed by atoms with Gasteiger partial charge in [-0.2, -0.15) is 0 Å². The molecule has 0 aliphatic heterocycles. The molecule has 0 heterocycles. The Hall–Kier alpha value is -1.90. The zero-order valence-electron chi connectivity index (χ0n) is 10.6. The molecule has 21 heavy (non-hydrogen) atoms. The molecule has 2 aromatic carbocycles. The van der Waals surface area contributed by atoms with Crippen molar-refractivity contribution in [3.05, 3.63) is 58.6 Å². The summed E-state index contributed by atoms with van der Waals surface area (Å²) in [6, 6.07) is 11.7. The maximum Gasteiger partial charge on any atom is 0.269 e. The Kier molecular flexibility index (Phi) is 4.61. The molecule has 0 saturated heterocycles. The van der Waals surface area contributed by atoms with Crippen molar-refractivity contribution in [2.24, 2.45) is 0 Å². The number of halogens is 1. The number of carbonyl (C=O) groups is 1. The van der Waals surface area contributed by atoms with Crippen LogP contribution < -0.4 is 10.3 Å². The third kappa shape index (κ3) is 3.81. The van der Waals surface area contributed by atoms with Gasteiger partial charge in [0, 0.05) is 4.47 Å². The summed E-state index contributed by atoms with van der Waals surface area (Å²) in [7, 11) is -3.88. The SMILES string of the molecule is O=C(NNS(=O)(=O)c1ccc(Br)cc1)c1ccccc1O. The fraction of sp³-hybridized carbons (Fsp3) is 0. The van der Waals surface area contributed by atoms with E-state index in [1.54, 1.807) is 24.3 Å². The second-order valence-corrected chi connectivity index (χ2v) is 6.63. The lowest BCUT2D eigenvalue weighted by Crippen LogP contribution is -2.41. The molecule has 0 bridgehead atoms. The van der Waals surface area contributed by atoms with Crippen molar-refractivity contribution >= 4 is 31.9 Å². The van der Waals surface area contributed by atoms with E-state index in [-0.39, 0.29) is 16.2 Å². The van der Waals surface area contributed by atoms with Crippen molar-refractivity contribution in [3.63, 3.8) is 0 Å². The fourth-order valence-electron chi connectivity index (χ4n) is 1.52. The highest BCUT2D eigenvalue weighted by molar-refractivity contribution is 9.10. The minimum absolute atomic E-state index is 0.00304. The summed E-state index contributed by atoms with van der Waals surface area (Å²) in [6.45, 7) is 0. The van der Waals surface area contributed by atoms with Gasteiger partial charge in [0.2, 0.25) is 0 Å². The molecule has 2 rings (SSSR count). The highest BCUT2D eigenvalue weighted by atomic mass is 79.9. The monoisotopic (exact) mass is 370 g/mol. The van der Waals surface area contributed by atoms with Crippen molar-refractivity contribution < 1.29 is 18.3 Å². The van der Waals surface area contributed by atoms with E-state index in [1.807, 2.05) is 10.3 Å². The third-order valence-corrected chi connectivity index (χ3v) is 4.36. The number of phenolic OH excluding ortho intramolecular Hbond substituents is 1. The molecular weight excluding hydrogens is 360 g/mol. The second-order valence-electron chi connectivity index (χ2n) is 4.03. The topological polar surface area (TPSA) is 95.5 Å². The molecule has 0 fully saturated rings. The summed E-state index contributed by atoms with van der Waals surface area (Å²) in [6.07, 6.45) is 0. The molecule has 0 aliphatic carbocycles. The predicted molar refractivity (Wildman–Crippen MR) is 80.0 cm³/mol. The Morgan fingerprint density at radius 3 is 2.29 bits per heavy atom. The maximum atomic E-state index is 12.0. The second kappa shape index (κ2) is 6.25. The van der Waals surface area contributed by atoms with Gasteiger partial charge in [-0.1, -0.05) is 28.1 Å². The molecule has 1 amide bonds. The van der Waals surface area contributed by atoms with Crippen LogP contribution in [0.2, 0.25) is 0 Å². The van der Waals surface area contributed by atoms with Crippen LogP contribution in [0, 0.1) is 0 Å². The zero-order valence-corrected chi connectivity index (χ0v) is 13.0. The quantitative estimate of drug-likeness (QED) is 0.714. The third-order valence-electron chi connectivity index (χ3n) is 2.57. The molecule has 8 heteroatoms. The first-order valence-electron chi connectivity index (χ1n) is 5.76. The van der Waals surface area contributed by atoms with E-state index in [0.717, 1.165) is 4.47 Å². The number of nitrogens with one attached hydrogen (secondary N) is 2. The number of hydrogen-bond acceptors (Lipinski definition) is 4. The first-order valence-corrected chi connectivity index (χ1v) is 8.03. The van der Waals surface area contributed by atoms with Gasteiger partial charge in [0.05, 0.1) is 10.5 Å². The largest absolute Gasteiger partial charge is 0.507 e. The number of sulfonamides is 1. The smallest absolute Gasteiger partial charge is 0.269 e. The molecule has 0 aliphatic rings. The number of hydrazine groups is 1. The lowest BCUT2D eigenvalue weighted by molar-refractivity contribution is 0.0942. The Morgan fingerprint density at radius 1 is 1.05 bits per heavy atom. The number of amides is 1. The highest BCUT2D eigenvalue weighted by Gasteiger charge is 2.16. The molecule has 110 valence electrons. The van der Waals surface area contributed by atoms with Gasteiger partial charge in [0.1, 0.15) is 5.75 Å². The molecule has 0 saturated carbocycles. The molecule has 0 unspecified atom stereocenters. The average Bonchev–Trinajstić information content (AvgIpc) is 2.46. The Morgan fingerprint density at radius 2 is 1.67 bits per heavy atom. The predicted octanol–water partition coefficient (Wildman–Crippen LogP) is 1.78. The average molecular weight is 371 g/mol. The fourth-order valence-corrected chi connectivity index (χ4v) is 2.62. The summed E-state index contributed by atoms with van der Waals surface area (Å²) in [5, 5.41) is 9.51. The Balaban J connectivity index is 2.10. The molecule has 0 spiro atoms. The molecule has 0 radical (unpaired) electrons. The van der Waals surface area contributed by atoms with E-state index in [0.29, 0.717) is 0 Å². The van der Waals surface area contributed by atoms with Crippen LogP contribution in [0.25, 0.3) is 0 Å². The van der Waals surface area contributed by atoms with Crippen LogP contribution in [-0.2, 0) is 10.0 Å². The number of carbonyl (C=O) groups excluding carboxylic acids is 1. The van der Waals surface area contributed by atoms with Crippen molar-refractivity contribution in [2.45, 2.75) is 4.90 Å². The summed E-state index contributed by atoms with van der Waals surface area (Å²) in [4.78, 5) is 13.8.